The zero-order chi connectivity index (χ0) is 26.5. The van der Waals surface area contributed by atoms with E-state index in [2.05, 4.69) is 20.8 Å². The first-order valence-electron chi connectivity index (χ1n) is 10.7. The van der Waals surface area contributed by atoms with E-state index in [-0.39, 0.29) is 30.7 Å². The van der Waals surface area contributed by atoms with Crippen LogP contribution in [0.4, 0.5) is 11.6 Å². The first-order chi connectivity index (χ1) is 16.9. The lowest BCUT2D eigenvalue weighted by molar-refractivity contribution is 0.301. The summed E-state index contributed by atoms with van der Waals surface area (Å²) >= 11 is 12.1. The van der Waals surface area contributed by atoms with Crippen LogP contribution in [0.3, 0.4) is 0 Å². The lowest BCUT2D eigenvalue weighted by Crippen LogP contribution is -2.19. The van der Waals surface area contributed by atoms with Gasteiger partial charge in [0.2, 0.25) is 10.0 Å². The highest BCUT2D eigenvalue weighted by atomic mass is 35.5. The normalized spacial score (nSPS) is 11.6. The summed E-state index contributed by atoms with van der Waals surface area (Å²) in [5.41, 5.74) is 7.94. The Kier molecular flexibility index (Phi) is 8.51. The standard InChI is InChI=1S/C24H25Cl2N5O4S/c1-24(2,17-10-15(12-27)22(19(26)11-17)34-9-8-25)16-4-6-18(7-5-16)35-14-20-23(28)30-21(13-29-20)31-36(3,32)33/h4-7,10-11,13H,8-9,14H2,1-3H3,(H3,28,30,31). The summed E-state index contributed by atoms with van der Waals surface area (Å²) in [6.45, 7) is 4.35. The van der Waals surface area contributed by atoms with Gasteiger partial charge in [-0.1, -0.05) is 37.6 Å². The number of rotatable bonds is 10. The number of alkyl halides is 1. The van der Waals surface area contributed by atoms with Crippen molar-refractivity contribution in [3.63, 3.8) is 0 Å². The number of nitrogens with zero attached hydrogens (tertiary/aromatic N) is 3. The van der Waals surface area contributed by atoms with E-state index in [1.807, 2.05) is 38.1 Å². The quantitative estimate of drug-likeness (QED) is 0.352. The number of anilines is 2. The molecule has 9 nitrogen and oxygen atoms in total. The summed E-state index contributed by atoms with van der Waals surface area (Å²) in [7, 11) is -3.48. The Bertz CT molecular complexity index is 1390. The Morgan fingerprint density at radius 2 is 1.86 bits per heavy atom. The predicted molar refractivity (Wildman–Crippen MR) is 140 cm³/mol. The summed E-state index contributed by atoms with van der Waals surface area (Å²) in [6, 6.07) is 13.2. The molecule has 12 heteroatoms. The van der Waals surface area contributed by atoms with Gasteiger partial charge < -0.3 is 15.2 Å². The Labute approximate surface area is 220 Å². The van der Waals surface area contributed by atoms with Crippen LogP contribution in [-0.4, -0.2) is 37.1 Å². The molecule has 2 aromatic carbocycles. The molecule has 0 aliphatic rings. The Balaban J connectivity index is 1.75. The third-order valence-corrected chi connectivity index (χ3v) is 6.35. The Hall–Kier alpha value is -3.26. The van der Waals surface area contributed by atoms with Crippen LogP contribution in [0.5, 0.6) is 11.5 Å². The fourth-order valence-electron chi connectivity index (χ4n) is 3.39. The molecule has 36 heavy (non-hydrogen) atoms. The van der Waals surface area contributed by atoms with Gasteiger partial charge in [-0.2, -0.15) is 5.26 Å². The van der Waals surface area contributed by atoms with E-state index < -0.39 is 15.4 Å². The van der Waals surface area contributed by atoms with Crippen molar-refractivity contribution in [2.75, 3.05) is 29.2 Å². The van der Waals surface area contributed by atoms with E-state index in [0.29, 0.717) is 27.8 Å². The van der Waals surface area contributed by atoms with Crippen LogP contribution in [0.2, 0.25) is 5.02 Å². The number of nitrogen functional groups attached to an aromatic ring is 1. The van der Waals surface area contributed by atoms with E-state index in [9.17, 15) is 13.7 Å². The number of hydrogen-bond acceptors (Lipinski definition) is 8. The molecule has 0 unspecified atom stereocenters. The average molecular weight is 550 g/mol. The molecule has 0 spiro atoms. The van der Waals surface area contributed by atoms with Crippen molar-refractivity contribution in [2.24, 2.45) is 0 Å². The van der Waals surface area contributed by atoms with Crippen molar-refractivity contribution < 1.29 is 17.9 Å². The van der Waals surface area contributed by atoms with Crippen molar-refractivity contribution in [1.82, 2.24) is 9.97 Å². The topological polar surface area (TPSA) is 140 Å². The van der Waals surface area contributed by atoms with Crippen molar-refractivity contribution in [3.8, 4) is 17.6 Å². The van der Waals surface area contributed by atoms with Gasteiger partial charge in [0.1, 0.15) is 30.7 Å². The van der Waals surface area contributed by atoms with Gasteiger partial charge in [-0.25, -0.2) is 18.4 Å². The average Bonchev–Trinajstić information content (AvgIpc) is 2.81. The zero-order valence-corrected chi connectivity index (χ0v) is 22.2. The lowest BCUT2D eigenvalue weighted by Gasteiger charge is -2.27. The van der Waals surface area contributed by atoms with E-state index in [1.165, 1.54) is 6.20 Å². The van der Waals surface area contributed by atoms with Gasteiger partial charge in [-0.05, 0) is 35.4 Å². The van der Waals surface area contributed by atoms with Crippen LogP contribution < -0.4 is 19.9 Å². The minimum atomic E-state index is -3.48. The third kappa shape index (κ3) is 6.69. The number of nitriles is 1. The molecule has 3 aromatic rings. The summed E-state index contributed by atoms with van der Waals surface area (Å²) in [4.78, 5) is 8.12. The van der Waals surface area contributed by atoms with Gasteiger partial charge in [0.05, 0.1) is 28.9 Å². The highest BCUT2D eigenvalue weighted by Gasteiger charge is 2.26. The zero-order valence-electron chi connectivity index (χ0n) is 19.9. The van der Waals surface area contributed by atoms with Gasteiger partial charge in [0.25, 0.3) is 0 Å². The number of halogens is 2. The van der Waals surface area contributed by atoms with Crippen molar-refractivity contribution in [3.05, 3.63) is 70.0 Å². The van der Waals surface area contributed by atoms with Gasteiger partial charge >= 0.3 is 0 Å². The van der Waals surface area contributed by atoms with Gasteiger partial charge in [0.15, 0.2) is 17.4 Å². The molecular formula is C24H25Cl2N5O4S. The number of sulfonamides is 1. The largest absolute Gasteiger partial charge is 0.489 e. The molecule has 0 saturated carbocycles. The van der Waals surface area contributed by atoms with Crippen LogP contribution in [0.25, 0.3) is 0 Å². The molecule has 1 aromatic heterocycles. The van der Waals surface area contributed by atoms with Gasteiger partial charge in [-0.3, -0.25) is 4.72 Å². The molecule has 0 aliphatic carbocycles. The molecule has 3 N–H and O–H groups in total. The monoisotopic (exact) mass is 549 g/mol. The summed E-state index contributed by atoms with van der Waals surface area (Å²) < 4.78 is 36.2. The maximum absolute atomic E-state index is 11.3. The molecule has 1 heterocycles. The Morgan fingerprint density at radius 1 is 1.17 bits per heavy atom. The smallest absolute Gasteiger partial charge is 0.231 e. The van der Waals surface area contributed by atoms with E-state index in [0.717, 1.165) is 17.4 Å². The second-order valence-corrected chi connectivity index (χ2v) is 10.9. The fraction of sp³-hybridized carbons (Fsp3) is 0.292. The second kappa shape index (κ2) is 11.2. The van der Waals surface area contributed by atoms with Crippen LogP contribution in [-0.2, 0) is 22.0 Å². The van der Waals surface area contributed by atoms with E-state index >= 15 is 0 Å². The maximum atomic E-state index is 11.3. The molecule has 0 fully saturated rings. The van der Waals surface area contributed by atoms with Gasteiger partial charge in [-0.15, -0.1) is 11.6 Å². The molecule has 0 saturated heterocycles. The molecule has 3 rings (SSSR count). The second-order valence-electron chi connectivity index (χ2n) is 8.38. The molecular weight excluding hydrogens is 525 g/mol. The lowest BCUT2D eigenvalue weighted by atomic mass is 9.77. The number of hydrogen-bond donors (Lipinski definition) is 2. The molecule has 190 valence electrons. The van der Waals surface area contributed by atoms with Crippen molar-refractivity contribution in [2.45, 2.75) is 25.9 Å². The third-order valence-electron chi connectivity index (χ3n) is 5.33. The predicted octanol–water partition coefficient (Wildman–Crippen LogP) is 4.48. The Morgan fingerprint density at radius 3 is 2.44 bits per heavy atom. The molecule has 0 radical (unpaired) electrons. The first kappa shape index (κ1) is 27.3. The SMILES string of the molecule is CC(C)(c1ccc(OCc2ncc(NS(C)(=O)=O)nc2N)cc1)c1cc(Cl)c(OCCCl)c(C#N)c1. The summed E-state index contributed by atoms with van der Waals surface area (Å²) in [5, 5.41) is 9.94. The van der Waals surface area contributed by atoms with Crippen LogP contribution in [0.15, 0.2) is 42.6 Å². The highest BCUT2D eigenvalue weighted by Crippen LogP contribution is 2.38. The van der Waals surface area contributed by atoms with Gasteiger partial charge in [0, 0.05) is 5.41 Å². The van der Waals surface area contributed by atoms with Crippen molar-refractivity contribution in [1.29, 1.82) is 5.26 Å². The minimum Gasteiger partial charge on any atom is -0.489 e. The number of benzene rings is 2. The van der Waals surface area contributed by atoms with Crippen LogP contribution >= 0.6 is 23.2 Å². The van der Waals surface area contributed by atoms with Crippen LogP contribution in [0, 0.1) is 11.3 Å². The number of ether oxygens (including phenoxy) is 2. The van der Waals surface area contributed by atoms with E-state index in [4.69, 9.17) is 38.4 Å². The first-order valence-corrected chi connectivity index (χ1v) is 13.5. The molecule has 0 atom stereocenters. The highest BCUT2D eigenvalue weighted by molar-refractivity contribution is 7.92. The van der Waals surface area contributed by atoms with Crippen molar-refractivity contribution >= 4 is 44.9 Å². The fourth-order valence-corrected chi connectivity index (χ4v) is 4.22. The number of nitrogens with one attached hydrogen (secondary N) is 1. The molecule has 0 amide bonds. The maximum Gasteiger partial charge on any atom is 0.231 e. The molecule has 0 bridgehead atoms. The minimum absolute atomic E-state index is 0.0311. The molecule has 0 aliphatic heterocycles. The van der Waals surface area contributed by atoms with E-state index in [1.54, 1.807) is 12.1 Å². The number of nitrogens with two attached hydrogens (primary N) is 1. The summed E-state index contributed by atoms with van der Waals surface area (Å²) in [6.07, 6.45) is 2.28. The van der Waals surface area contributed by atoms with Crippen LogP contribution in [0.1, 0.15) is 36.2 Å². The summed E-state index contributed by atoms with van der Waals surface area (Å²) in [5.74, 6) is 1.28. The number of aromatic nitrogens is 2.